The van der Waals surface area contributed by atoms with Crippen LogP contribution in [0.4, 0.5) is 4.39 Å². The summed E-state index contributed by atoms with van der Waals surface area (Å²) in [7, 11) is 0. The Hall–Kier alpha value is -1.23. The van der Waals surface area contributed by atoms with E-state index in [1.165, 1.54) is 6.07 Å². The molecule has 0 aliphatic heterocycles. The molecule has 0 aliphatic rings. The van der Waals surface area contributed by atoms with Crippen LogP contribution in [0.15, 0.2) is 18.2 Å². The summed E-state index contributed by atoms with van der Waals surface area (Å²) in [6.45, 7) is 0.496. The van der Waals surface area contributed by atoms with E-state index in [0.29, 0.717) is 6.54 Å². The highest BCUT2D eigenvalue weighted by Gasteiger charge is 2.11. The summed E-state index contributed by atoms with van der Waals surface area (Å²) < 4.78 is 12.8. The molecule has 0 aliphatic carbocycles. The number of benzene rings is 1. The Morgan fingerprint density at radius 3 is 3.00 bits per heavy atom. The average Bonchev–Trinajstić information content (AvgIpc) is 2.22. The van der Waals surface area contributed by atoms with Crippen LogP contribution >= 0.6 is 11.8 Å². The minimum absolute atomic E-state index is 0.0314. The average molecular weight is 229 g/mol. The van der Waals surface area contributed by atoms with E-state index >= 15 is 0 Å². The first-order valence-electron chi connectivity index (χ1n) is 4.41. The van der Waals surface area contributed by atoms with E-state index in [2.05, 4.69) is 5.32 Å². The lowest BCUT2D eigenvalue weighted by Crippen LogP contribution is -2.25. The number of carbonyl (C=O) groups is 1. The van der Waals surface area contributed by atoms with E-state index in [9.17, 15) is 14.3 Å². The largest absolute Gasteiger partial charge is 0.507 e. The molecule has 0 aromatic heterocycles. The Bertz CT molecular complexity index is 357. The first-order valence-corrected chi connectivity index (χ1v) is 5.80. The highest BCUT2D eigenvalue weighted by Crippen LogP contribution is 2.17. The fraction of sp³-hybridized carbons (Fsp3) is 0.300. The number of phenols is 1. The van der Waals surface area contributed by atoms with Gasteiger partial charge >= 0.3 is 0 Å². The van der Waals surface area contributed by atoms with Gasteiger partial charge in [0.1, 0.15) is 11.6 Å². The zero-order valence-electron chi connectivity index (χ0n) is 8.29. The summed E-state index contributed by atoms with van der Waals surface area (Å²) in [6, 6.07) is 3.29. The second-order valence-corrected chi connectivity index (χ2v) is 3.90. The monoisotopic (exact) mass is 229 g/mol. The minimum atomic E-state index is -0.539. The van der Waals surface area contributed by atoms with Crippen molar-refractivity contribution in [3.8, 4) is 5.75 Å². The Balaban J connectivity index is 2.68. The van der Waals surface area contributed by atoms with Gasteiger partial charge in [0.05, 0.1) is 5.56 Å². The van der Waals surface area contributed by atoms with Crippen molar-refractivity contribution in [2.45, 2.75) is 0 Å². The number of aromatic hydroxyl groups is 1. The van der Waals surface area contributed by atoms with Crippen molar-refractivity contribution >= 4 is 17.7 Å². The van der Waals surface area contributed by atoms with Crippen LogP contribution in [0.2, 0.25) is 0 Å². The molecule has 0 spiro atoms. The number of nitrogens with one attached hydrogen (secondary N) is 1. The van der Waals surface area contributed by atoms with Crippen molar-refractivity contribution < 1.29 is 14.3 Å². The number of halogens is 1. The topological polar surface area (TPSA) is 49.3 Å². The summed E-state index contributed by atoms with van der Waals surface area (Å²) in [5.74, 6) is -0.427. The number of thioether (sulfide) groups is 1. The van der Waals surface area contributed by atoms with Gasteiger partial charge in [-0.25, -0.2) is 4.39 Å². The van der Waals surface area contributed by atoms with Gasteiger partial charge in [0.2, 0.25) is 0 Å². The third kappa shape index (κ3) is 3.43. The van der Waals surface area contributed by atoms with E-state index in [0.717, 1.165) is 17.9 Å². The number of rotatable bonds is 4. The van der Waals surface area contributed by atoms with Gasteiger partial charge < -0.3 is 10.4 Å². The van der Waals surface area contributed by atoms with E-state index in [-0.39, 0.29) is 11.3 Å². The molecule has 0 saturated heterocycles. The van der Waals surface area contributed by atoms with E-state index < -0.39 is 11.7 Å². The highest BCUT2D eigenvalue weighted by atomic mass is 32.2. The van der Waals surface area contributed by atoms with Crippen LogP contribution < -0.4 is 5.32 Å². The molecule has 82 valence electrons. The Kier molecular flexibility index (Phi) is 4.42. The van der Waals surface area contributed by atoms with Gasteiger partial charge in [-0.3, -0.25) is 4.79 Å². The molecule has 15 heavy (non-hydrogen) atoms. The Morgan fingerprint density at radius 2 is 2.33 bits per heavy atom. The second-order valence-electron chi connectivity index (χ2n) is 2.91. The third-order valence-corrected chi connectivity index (χ3v) is 2.41. The van der Waals surface area contributed by atoms with Crippen LogP contribution in [0.25, 0.3) is 0 Å². The van der Waals surface area contributed by atoms with Gasteiger partial charge in [0.25, 0.3) is 5.91 Å². The van der Waals surface area contributed by atoms with E-state index in [1.807, 2.05) is 6.26 Å². The molecular weight excluding hydrogens is 217 g/mol. The molecule has 0 unspecified atom stereocenters. The molecule has 0 heterocycles. The molecule has 2 N–H and O–H groups in total. The van der Waals surface area contributed by atoms with Gasteiger partial charge in [-0.15, -0.1) is 0 Å². The zero-order chi connectivity index (χ0) is 11.3. The lowest BCUT2D eigenvalue weighted by Gasteiger charge is -2.05. The van der Waals surface area contributed by atoms with Crippen LogP contribution in [0.3, 0.4) is 0 Å². The predicted octanol–water partition coefficient (Wildman–Crippen LogP) is 1.62. The molecule has 0 bridgehead atoms. The molecule has 0 atom stereocenters. The fourth-order valence-corrected chi connectivity index (χ4v) is 1.36. The highest BCUT2D eigenvalue weighted by molar-refractivity contribution is 7.98. The summed E-state index contributed by atoms with van der Waals surface area (Å²) in [5.41, 5.74) is -0.0314. The van der Waals surface area contributed by atoms with Crippen LogP contribution in [0.1, 0.15) is 10.4 Å². The normalized spacial score (nSPS) is 10.0. The number of hydrogen-bond donors (Lipinski definition) is 2. The van der Waals surface area contributed by atoms with Gasteiger partial charge in [-0.2, -0.15) is 11.8 Å². The van der Waals surface area contributed by atoms with Crippen molar-refractivity contribution in [1.82, 2.24) is 5.32 Å². The lowest BCUT2D eigenvalue weighted by atomic mass is 10.2. The van der Waals surface area contributed by atoms with Crippen LogP contribution in [0, 0.1) is 5.82 Å². The maximum atomic E-state index is 12.8. The number of carbonyl (C=O) groups excluding carboxylic acids is 1. The lowest BCUT2D eigenvalue weighted by molar-refractivity contribution is 0.0953. The van der Waals surface area contributed by atoms with E-state index in [1.54, 1.807) is 11.8 Å². The number of amides is 1. The number of hydrogen-bond acceptors (Lipinski definition) is 3. The summed E-state index contributed by atoms with van der Waals surface area (Å²) in [5, 5.41) is 11.9. The quantitative estimate of drug-likeness (QED) is 0.771. The molecule has 1 aromatic rings. The molecular formula is C10H12FNO2S. The second kappa shape index (κ2) is 5.60. The van der Waals surface area contributed by atoms with Crippen molar-refractivity contribution in [1.29, 1.82) is 0 Å². The first-order chi connectivity index (χ1) is 7.15. The molecule has 5 heteroatoms. The SMILES string of the molecule is CSCCNC(=O)c1cc(F)ccc1O. The van der Waals surface area contributed by atoms with Crippen LogP contribution in [-0.2, 0) is 0 Å². The van der Waals surface area contributed by atoms with Gasteiger partial charge in [-0.1, -0.05) is 0 Å². The molecule has 0 saturated carbocycles. The predicted molar refractivity (Wildman–Crippen MR) is 58.8 cm³/mol. The molecule has 0 radical (unpaired) electrons. The molecule has 3 nitrogen and oxygen atoms in total. The molecule has 1 aromatic carbocycles. The Labute approximate surface area is 91.7 Å². The van der Waals surface area contributed by atoms with Crippen molar-refractivity contribution in [2.24, 2.45) is 0 Å². The van der Waals surface area contributed by atoms with Gasteiger partial charge in [-0.05, 0) is 24.5 Å². The van der Waals surface area contributed by atoms with Crippen LogP contribution in [-0.4, -0.2) is 29.6 Å². The zero-order valence-corrected chi connectivity index (χ0v) is 9.10. The smallest absolute Gasteiger partial charge is 0.255 e. The fourth-order valence-electron chi connectivity index (χ4n) is 1.05. The molecule has 0 fully saturated rings. The van der Waals surface area contributed by atoms with Crippen molar-refractivity contribution in [3.63, 3.8) is 0 Å². The Morgan fingerprint density at radius 1 is 1.60 bits per heavy atom. The van der Waals surface area contributed by atoms with Crippen molar-refractivity contribution in [2.75, 3.05) is 18.6 Å². The molecule has 1 amide bonds. The molecule has 1 rings (SSSR count). The van der Waals surface area contributed by atoms with E-state index in [4.69, 9.17) is 0 Å². The maximum absolute atomic E-state index is 12.8. The summed E-state index contributed by atoms with van der Waals surface area (Å²) >= 11 is 1.59. The van der Waals surface area contributed by atoms with Crippen molar-refractivity contribution in [3.05, 3.63) is 29.6 Å². The number of phenolic OH excluding ortho intramolecular Hbond substituents is 1. The van der Waals surface area contributed by atoms with Gasteiger partial charge in [0, 0.05) is 12.3 Å². The standard InChI is InChI=1S/C10H12FNO2S/c1-15-5-4-12-10(14)8-6-7(11)2-3-9(8)13/h2-3,6,13H,4-5H2,1H3,(H,12,14). The summed E-state index contributed by atoms with van der Waals surface area (Å²) in [4.78, 5) is 11.4. The maximum Gasteiger partial charge on any atom is 0.255 e. The minimum Gasteiger partial charge on any atom is -0.507 e. The first kappa shape index (κ1) is 11.8. The van der Waals surface area contributed by atoms with Gasteiger partial charge in [0.15, 0.2) is 0 Å². The third-order valence-electron chi connectivity index (χ3n) is 1.79. The van der Waals surface area contributed by atoms with Crippen LogP contribution in [0.5, 0.6) is 5.75 Å². The summed E-state index contributed by atoms with van der Waals surface area (Å²) in [6.07, 6.45) is 1.92.